The molecule has 0 fully saturated rings. The van der Waals surface area contributed by atoms with Crippen molar-refractivity contribution in [2.24, 2.45) is 5.92 Å². The molecule has 0 saturated heterocycles. The van der Waals surface area contributed by atoms with E-state index in [1.165, 1.54) is 6.07 Å². The molecule has 0 radical (unpaired) electrons. The smallest absolute Gasteiger partial charge is 0.165 e. The van der Waals surface area contributed by atoms with Crippen molar-refractivity contribution in [3.63, 3.8) is 0 Å². The minimum atomic E-state index is -0.382. The third kappa shape index (κ3) is 5.37. The Morgan fingerprint density at radius 2 is 2.06 bits per heavy atom. The van der Waals surface area contributed by atoms with Gasteiger partial charge in [0, 0.05) is 12.5 Å². The maximum absolute atomic E-state index is 13.5. The molecule has 4 heteroatoms. The van der Waals surface area contributed by atoms with E-state index in [0.29, 0.717) is 31.6 Å². The Balaban J connectivity index is 2.32. The van der Waals surface area contributed by atoms with Gasteiger partial charge in [-0.15, -0.1) is 11.6 Å². The summed E-state index contributed by atoms with van der Waals surface area (Å²) < 4.78 is 24.1. The van der Waals surface area contributed by atoms with E-state index in [4.69, 9.17) is 21.1 Å². The van der Waals surface area contributed by atoms with Crippen molar-refractivity contribution in [1.29, 1.82) is 0 Å². The fourth-order valence-corrected chi connectivity index (χ4v) is 1.44. The van der Waals surface area contributed by atoms with E-state index in [-0.39, 0.29) is 11.6 Å². The van der Waals surface area contributed by atoms with Crippen LogP contribution in [0.15, 0.2) is 18.2 Å². The summed E-state index contributed by atoms with van der Waals surface area (Å²) in [6.07, 6.45) is 0. The van der Waals surface area contributed by atoms with Gasteiger partial charge in [0.2, 0.25) is 0 Å². The summed E-state index contributed by atoms with van der Waals surface area (Å²) in [6, 6.07) is 4.73. The summed E-state index contributed by atoms with van der Waals surface area (Å²) in [6.45, 7) is 5.66. The quantitative estimate of drug-likeness (QED) is 0.551. The van der Waals surface area contributed by atoms with Crippen LogP contribution in [-0.2, 0) is 10.6 Å². The van der Waals surface area contributed by atoms with Gasteiger partial charge >= 0.3 is 0 Å². The molecule has 2 nitrogen and oxygen atoms in total. The van der Waals surface area contributed by atoms with E-state index >= 15 is 0 Å². The minimum Gasteiger partial charge on any atom is -0.488 e. The van der Waals surface area contributed by atoms with Crippen LogP contribution < -0.4 is 4.74 Å². The number of hydrogen-bond donors (Lipinski definition) is 0. The zero-order chi connectivity index (χ0) is 12.7. The first-order valence-electron chi connectivity index (χ1n) is 5.68. The second kappa shape index (κ2) is 7.51. The first kappa shape index (κ1) is 14.3. The molecule has 0 aliphatic carbocycles. The molecule has 17 heavy (non-hydrogen) atoms. The van der Waals surface area contributed by atoms with Gasteiger partial charge in [0.1, 0.15) is 6.61 Å². The molecule has 0 heterocycles. The van der Waals surface area contributed by atoms with Gasteiger partial charge in [0.25, 0.3) is 0 Å². The Morgan fingerprint density at radius 1 is 1.29 bits per heavy atom. The molecule has 0 saturated carbocycles. The number of alkyl halides is 1. The Hall–Kier alpha value is -0.800. The number of hydrogen-bond acceptors (Lipinski definition) is 2. The predicted molar refractivity (Wildman–Crippen MR) is 67.1 cm³/mol. The first-order valence-corrected chi connectivity index (χ1v) is 6.22. The van der Waals surface area contributed by atoms with E-state index in [1.54, 1.807) is 12.1 Å². The van der Waals surface area contributed by atoms with Crippen molar-refractivity contribution in [1.82, 2.24) is 0 Å². The molecule has 0 aromatic heterocycles. The molecule has 0 unspecified atom stereocenters. The van der Waals surface area contributed by atoms with Gasteiger partial charge in [-0.3, -0.25) is 0 Å². The Bertz CT molecular complexity index is 342. The lowest BCUT2D eigenvalue weighted by molar-refractivity contribution is 0.0808. The van der Waals surface area contributed by atoms with Gasteiger partial charge in [0.15, 0.2) is 11.6 Å². The normalized spacial score (nSPS) is 10.9. The van der Waals surface area contributed by atoms with Crippen LogP contribution in [0.5, 0.6) is 5.75 Å². The standard InChI is InChI=1S/C13H18ClFO2/c1-10(2)9-16-5-6-17-13-4-3-11(8-14)7-12(13)15/h3-4,7,10H,5-6,8-9H2,1-2H3. The van der Waals surface area contributed by atoms with Crippen LogP contribution in [-0.4, -0.2) is 19.8 Å². The van der Waals surface area contributed by atoms with Crippen molar-refractivity contribution in [2.75, 3.05) is 19.8 Å². The lowest BCUT2D eigenvalue weighted by Gasteiger charge is -2.09. The first-order chi connectivity index (χ1) is 8.13. The van der Waals surface area contributed by atoms with Gasteiger partial charge in [-0.1, -0.05) is 19.9 Å². The summed E-state index contributed by atoms with van der Waals surface area (Å²) in [5.41, 5.74) is 0.743. The van der Waals surface area contributed by atoms with Gasteiger partial charge < -0.3 is 9.47 Å². The van der Waals surface area contributed by atoms with Crippen LogP contribution in [0.25, 0.3) is 0 Å². The molecular formula is C13H18ClFO2. The topological polar surface area (TPSA) is 18.5 Å². The molecule has 0 bridgehead atoms. The number of rotatable bonds is 7. The van der Waals surface area contributed by atoms with Gasteiger partial charge in [-0.2, -0.15) is 0 Å². The molecule has 0 N–H and O–H groups in total. The number of benzene rings is 1. The second-order valence-corrected chi connectivity index (χ2v) is 4.48. The fraction of sp³-hybridized carbons (Fsp3) is 0.538. The van der Waals surface area contributed by atoms with Gasteiger partial charge in [-0.25, -0.2) is 4.39 Å². The third-order valence-electron chi connectivity index (χ3n) is 2.09. The molecule has 0 amide bonds. The summed E-state index contributed by atoms with van der Waals surface area (Å²) in [5.74, 6) is 0.656. The number of halogens is 2. The van der Waals surface area contributed by atoms with Crippen LogP contribution in [0.2, 0.25) is 0 Å². The minimum absolute atomic E-state index is 0.243. The average Bonchev–Trinajstić information content (AvgIpc) is 2.30. The van der Waals surface area contributed by atoms with Crippen LogP contribution in [0.3, 0.4) is 0 Å². The van der Waals surface area contributed by atoms with E-state index < -0.39 is 0 Å². The zero-order valence-electron chi connectivity index (χ0n) is 10.2. The largest absolute Gasteiger partial charge is 0.488 e. The fourth-order valence-electron chi connectivity index (χ4n) is 1.27. The molecule has 1 aromatic rings. The van der Waals surface area contributed by atoms with Crippen LogP contribution in [0.1, 0.15) is 19.4 Å². The van der Waals surface area contributed by atoms with Crippen molar-refractivity contribution >= 4 is 11.6 Å². The zero-order valence-corrected chi connectivity index (χ0v) is 11.0. The van der Waals surface area contributed by atoms with E-state index in [9.17, 15) is 4.39 Å². The molecule has 1 aromatic carbocycles. The van der Waals surface area contributed by atoms with Crippen molar-refractivity contribution in [3.8, 4) is 5.75 Å². The third-order valence-corrected chi connectivity index (χ3v) is 2.40. The molecule has 0 spiro atoms. The average molecular weight is 261 g/mol. The van der Waals surface area contributed by atoms with Gasteiger partial charge in [0.05, 0.1) is 6.61 Å². The highest BCUT2D eigenvalue weighted by Crippen LogP contribution is 2.19. The highest BCUT2D eigenvalue weighted by molar-refractivity contribution is 6.17. The molecule has 0 atom stereocenters. The maximum Gasteiger partial charge on any atom is 0.165 e. The second-order valence-electron chi connectivity index (χ2n) is 4.22. The Kier molecular flexibility index (Phi) is 6.30. The highest BCUT2D eigenvalue weighted by Gasteiger charge is 2.04. The van der Waals surface area contributed by atoms with E-state index in [1.807, 2.05) is 0 Å². The van der Waals surface area contributed by atoms with Crippen LogP contribution >= 0.6 is 11.6 Å². The number of ether oxygens (including phenoxy) is 2. The van der Waals surface area contributed by atoms with Crippen LogP contribution in [0.4, 0.5) is 4.39 Å². The summed E-state index contributed by atoms with van der Waals surface area (Å²) in [5, 5.41) is 0. The van der Waals surface area contributed by atoms with Gasteiger partial charge in [-0.05, 0) is 23.6 Å². The molecule has 0 aliphatic heterocycles. The molecule has 96 valence electrons. The van der Waals surface area contributed by atoms with E-state index in [2.05, 4.69) is 13.8 Å². The Labute approximate surface area is 107 Å². The van der Waals surface area contributed by atoms with Crippen molar-refractivity contribution in [2.45, 2.75) is 19.7 Å². The molecule has 1 rings (SSSR count). The SMILES string of the molecule is CC(C)COCCOc1ccc(CCl)cc1F. The maximum atomic E-state index is 13.5. The molecule has 0 aliphatic rings. The lowest BCUT2D eigenvalue weighted by atomic mass is 10.2. The monoisotopic (exact) mass is 260 g/mol. The Morgan fingerprint density at radius 3 is 2.65 bits per heavy atom. The molecular weight excluding hydrogens is 243 g/mol. The lowest BCUT2D eigenvalue weighted by Crippen LogP contribution is -2.10. The van der Waals surface area contributed by atoms with Crippen molar-refractivity contribution < 1.29 is 13.9 Å². The predicted octanol–water partition coefficient (Wildman–Crippen LogP) is 3.62. The van der Waals surface area contributed by atoms with Crippen LogP contribution in [0, 0.1) is 11.7 Å². The summed E-state index contributed by atoms with van der Waals surface area (Å²) in [4.78, 5) is 0. The highest BCUT2D eigenvalue weighted by atomic mass is 35.5. The summed E-state index contributed by atoms with van der Waals surface area (Å²) in [7, 11) is 0. The van der Waals surface area contributed by atoms with E-state index in [0.717, 1.165) is 5.56 Å². The van der Waals surface area contributed by atoms with Crippen molar-refractivity contribution in [3.05, 3.63) is 29.6 Å². The summed E-state index contributed by atoms with van der Waals surface area (Å²) >= 11 is 5.60.